The molecule has 1 aromatic heterocycles. The van der Waals surface area contributed by atoms with E-state index < -0.39 is 11.6 Å². The van der Waals surface area contributed by atoms with Crippen molar-refractivity contribution >= 4 is 17.3 Å². The first-order valence-corrected chi connectivity index (χ1v) is 9.14. The third-order valence-corrected chi connectivity index (χ3v) is 5.10. The predicted octanol–water partition coefficient (Wildman–Crippen LogP) is 3.43. The highest BCUT2D eigenvalue weighted by Gasteiger charge is 2.23. The van der Waals surface area contributed by atoms with Crippen molar-refractivity contribution in [3.05, 3.63) is 76.6 Å². The maximum Gasteiger partial charge on any atom is 0.164 e. The fraction of sp³-hybridized carbons (Fsp3) is 0.190. The fourth-order valence-corrected chi connectivity index (χ4v) is 3.61. The van der Waals surface area contributed by atoms with Gasteiger partial charge in [0.1, 0.15) is 23.8 Å². The van der Waals surface area contributed by atoms with Gasteiger partial charge in [0.15, 0.2) is 11.6 Å². The van der Waals surface area contributed by atoms with Crippen LogP contribution < -0.4 is 11.1 Å². The van der Waals surface area contributed by atoms with E-state index in [0.29, 0.717) is 12.2 Å². The van der Waals surface area contributed by atoms with Gasteiger partial charge in [-0.1, -0.05) is 6.07 Å². The molecule has 0 saturated carbocycles. The highest BCUT2D eigenvalue weighted by Crippen LogP contribution is 2.28. The number of anilines is 2. The monoisotopic (exact) mass is 395 g/mol. The Morgan fingerprint density at radius 1 is 1.14 bits per heavy atom. The lowest BCUT2D eigenvalue weighted by Gasteiger charge is -2.27. The van der Waals surface area contributed by atoms with E-state index in [-0.39, 0.29) is 34.5 Å². The number of phenolic OH excluding ortho intramolecular Hbond substituents is 1. The van der Waals surface area contributed by atoms with Gasteiger partial charge >= 0.3 is 0 Å². The first kappa shape index (κ1) is 18.8. The Morgan fingerprint density at radius 3 is 2.76 bits per heavy atom. The van der Waals surface area contributed by atoms with Gasteiger partial charge in [0, 0.05) is 11.6 Å². The van der Waals surface area contributed by atoms with Crippen LogP contribution in [0.25, 0.3) is 0 Å². The SMILES string of the molecule is N=C(c1ccc(F)c(O)c1)c1c(N)ncnc1NC1CCc2ccc(F)cc2C1. The molecule has 0 amide bonds. The summed E-state index contributed by atoms with van der Waals surface area (Å²) in [7, 11) is 0. The van der Waals surface area contributed by atoms with Gasteiger partial charge < -0.3 is 16.2 Å². The van der Waals surface area contributed by atoms with Gasteiger partial charge in [0.2, 0.25) is 0 Å². The molecule has 1 aliphatic carbocycles. The van der Waals surface area contributed by atoms with Crippen molar-refractivity contribution in [2.75, 3.05) is 11.1 Å². The number of phenols is 1. The number of halogens is 2. The minimum Gasteiger partial charge on any atom is -0.505 e. The van der Waals surface area contributed by atoms with Crippen molar-refractivity contribution in [1.82, 2.24) is 9.97 Å². The van der Waals surface area contributed by atoms with Crippen LogP contribution in [0.4, 0.5) is 20.4 Å². The van der Waals surface area contributed by atoms with E-state index in [2.05, 4.69) is 15.3 Å². The Balaban J connectivity index is 1.63. The van der Waals surface area contributed by atoms with Crippen LogP contribution in [0.2, 0.25) is 0 Å². The minimum absolute atomic E-state index is 0.0215. The van der Waals surface area contributed by atoms with Gasteiger partial charge in [-0.25, -0.2) is 18.7 Å². The number of hydrogen-bond donors (Lipinski definition) is 4. The molecule has 0 saturated heterocycles. The largest absolute Gasteiger partial charge is 0.505 e. The molecule has 3 aromatic rings. The molecule has 4 rings (SSSR count). The molecule has 29 heavy (non-hydrogen) atoms. The van der Waals surface area contributed by atoms with Crippen molar-refractivity contribution < 1.29 is 13.9 Å². The van der Waals surface area contributed by atoms with Crippen LogP contribution in [0.5, 0.6) is 5.75 Å². The number of nitrogen functional groups attached to an aromatic ring is 1. The molecule has 0 aliphatic heterocycles. The summed E-state index contributed by atoms with van der Waals surface area (Å²) in [6.45, 7) is 0. The molecule has 0 fully saturated rings. The quantitative estimate of drug-likeness (QED) is 0.506. The Hall–Kier alpha value is -3.55. The van der Waals surface area contributed by atoms with Crippen LogP contribution in [0, 0.1) is 17.0 Å². The number of nitrogens with one attached hydrogen (secondary N) is 2. The summed E-state index contributed by atoms with van der Waals surface area (Å²) in [5.74, 6) is -1.13. The summed E-state index contributed by atoms with van der Waals surface area (Å²) in [6.07, 6.45) is 3.52. The standard InChI is InChI=1S/C21H19F2N5O/c22-14-4-1-11-2-5-15(8-13(11)7-14)28-21-18(20(25)26-10-27-21)19(24)12-3-6-16(23)17(29)9-12/h1,3-4,6-7,9-10,15,24,29H,2,5,8H2,(H3,25,26,27,28). The van der Waals surface area contributed by atoms with Gasteiger partial charge in [-0.3, -0.25) is 5.41 Å². The van der Waals surface area contributed by atoms with Crippen LogP contribution >= 0.6 is 0 Å². The molecule has 6 nitrogen and oxygen atoms in total. The molecule has 2 aromatic carbocycles. The van der Waals surface area contributed by atoms with E-state index in [9.17, 15) is 13.9 Å². The predicted molar refractivity (Wildman–Crippen MR) is 106 cm³/mol. The lowest BCUT2D eigenvalue weighted by molar-refractivity contribution is 0.432. The first-order chi connectivity index (χ1) is 13.9. The van der Waals surface area contributed by atoms with Crippen molar-refractivity contribution in [3.8, 4) is 5.75 Å². The smallest absolute Gasteiger partial charge is 0.164 e. The van der Waals surface area contributed by atoms with Crippen molar-refractivity contribution in [1.29, 1.82) is 5.41 Å². The topological polar surface area (TPSA) is 108 Å². The number of aryl methyl sites for hydroxylation is 1. The van der Waals surface area contributed by atoms with E-state index >= 15 is 0 Å². The summed E-state index contributed by atoms with van der Waals surface area (Å²) in [5, 5.41) is 21.4. The second-order valence-electron chi connectivity index (χ2n) is 7.02. The Bertz CT molecular complexity index is 1100. The van der Waals surface area contributed by atoms with Crippen LogP contribution in [0.3, 0.4) is 0 Å². The third-order valence-electron chi connectivity index (χ3n) is 5.10. The van der Waals surface area contributed by atoms with E-state index in [1.54, 1.807) is 6.07 Å². The Kier molecular flexibility index (Phi) is 4.84. The lowest BCUT2D eigenvalue weighted by atomic mass is 9.88. The number of hydrogen-bond acceptors (Lipinski definition) is 6. The molecule has 1 aliphatic rings. The minimum atomic E-state index is -0.773. The number of nitrogens with two attached hydrogens (primary N) is 1. The number of benzene rings is 2. The maximum atomic E-state index is 13.6. The van der Waals surface area contributed by atoms with E-state index in [1.165, 1.54) is 18.5 Å². The zero-order valence-electron chi connectivity index (χ0n) is 15.4. The Morgan fingerprint density at radius 2 is 1.97 bits per heavy atom. The molecule has 1 unspecified atom stereocenters. The van der Waals surface area contributed by atoms with Crippen LogP contribution in [-0.2, 0) is 12.8 Å². The molecule has 8 heteroatoms. The van der Waals surface area contributed by atoms with E-state index in [1.807, 2.05) is 6.07 Å². The third kappa shape index (κ3) is 3.73. The maximum absolute atomic E-state index is 13.6. The van der Waals surface area contributed by atoms with Crippen molar-refractivity contribution in [2.24, 2.45) is 0 Å². The molecule has 1 atom stereocenters. The molecule has 0 spiro atoms. The summed E-state index contributed by atoms with van der Waals surface area (Å²) in [5.41, 5.74) is 8.59. The molecule has 148 valence electrons. The summed E-state index contributed by atoms with van der Waals surface area (Å²) in [4.78, 5) is 8.21. The summed E-state index contributed by atoms with van der Waals surface area (Å²) in [6, 6.07) is 8.43. The lowest BCUT2D eigenvalue weighted by Crippen LogP contribution is -2.29. The van der Waals surface area contributed by atoms with Crippen LogP contribution in [-0.4, -0.2) is 26.8 Å². The van der Waals surface area contributed by atoms with Gasteiger partial charge in [-0.05, 0) is 60.7 Å². The second-order valence-corrected chi connectivity index (χ2v) is 7.02. The van der Waals surface area contributed by atoms with Gasteiger partial charge in [-0.15, -0.1) is 0 Å². The number of aromatic nitrogens is 2. The molecule has 0 radical (unpaired) electrons. The number of nitrogens with zero attached hydrogens (tertiary/aromatic N) is 2. The highest BCUT2D eigenvalue weighted by molar-refractivity contribution is 6.16. The average molecular weight is 395 g/mol. The molecule has 5 N–H and O–H groups in total. The van der Waals surface area contributed by atoms with Gasteiger partial charge in [0.25, 0.3) is 0 Å². The zero-order chi connectivity index (χ0) is 20.5. The van der Waals surface area contributed by atoms with Crippen LogP contribution in [0.1, 0.15) is 28.7 Å². The number of fused-ring (bicyclic) bond motifs is 1. The van der Waals surface area contributed by atoms with E-state index in [4.69, 9.17) is 11.1 Å². The molecular weight excluding hydrogens is 376 g/mol. The normalized spacial score (nSPS) is 15.6. The van der Waals surface area contributed by atoms with Crippen molar-refractivity contribution in [2.45, 2.75) is 25.3 Å². The van der Waals surface area contributed by atoms with Gasteiger partial charge in [-0.2, -0.15) is 0 Å². The molecule has 0 bridgehead atoms. The average Bonchev–Trinajstić information content (AvgIpc) is 2.69. The number of aromatic hydroxyl groups is 1. The van der Waals surface area contributed by atoms with Crippen LogP contribution in [0.15, 0.2) is 42.7 Å². The Labute approximate surface area is 166 Å². The second kappa shape index (κ2) is 7.46. The van der Waals surface area contributed by atoms with E-state index in [0.717, 1.165) is 36.1 Å². The zero-order valence-corrected chi connectivity index (χ0v) is 15.4. The summed E-state index contributed by atoms with van der Waals surface area (Å²) < 4.78 is 27.0. The molecular formula is C21H19F2N5O. The van der Waals surface area contributed by atoms with Gasteiger partial charge in [0.05, 0.1) is 11.3 Å². The number of rotatable bonds is 4. The molecule has 1 heterocycles. The fourth-order valence-electron chi connectivity index (χ4n) is 3.61. The first-order valence-electron chi connectivity index (χ1n) is 9.14. The van der Waals surface area contributed by atoms with Crippen molar-refractivity contribution in [3.63, 3.8) is 0 Å². The highest BCUT2D eigenvalue weighted by atomic mass is 19.1. The summed E-state index contributed by atoms with van der Waals surface area (Å²) >= 11 is 0.